The van der Waals surface area contributed by atoms with Gasteiger partial charge in [-0.05, 0) is 30.3 Å². The van der Waals surface area contributed by atoms with Gasteiger partial charge in [-0.15, -0.1) is 5.10 Å². The summed E-state index contributed by atoms with van der Waals surface area (Å²) in [5.41, 5.74) is 1.06. The topological polar surface area (TPSA) is 77.8 Å². The van der Waals surface area contributed by atoms with Crippen LogP contribution in [-0.2, 0) is 0 Å². The fraction of sp³-hybridized carbons (Fsp3) is 0.118. The van der Waals surface area contributed by atoms with Crippen molar-refractivity contribution in [1.82, 2.24) is 14.6 Å². The summed E-state index contributed by atoms with van der Waals surface area (Å²) in [5, 5.41) is 9.07. The minimum atomic E-state index is -0.272. The number of hydrogen-bond acceptors (Lipinski definition) is 7. The number of hydrogen-bond donors (Lipinski definition) is 1. The van der Waals surface area contributed by atoms with Crippen molar-refractivity contribution in [1.29, 1.82) is 0 Å². The van der Waals surface area contributed by atoms with Gasteiger partial charge in [0.2, 0.25) is 10.1 Å². The molecule has 1 N–H and O–H groups in total. The van der Waals surface area contributed by atoms with Gasteiger partial charge in [-0.3, -0.25) is 4.79 Å². The standard InChI is InChI=1S/C17H13ClN4O3S/c1-24-13-7-11-12(8-14(13)25-2)20-17-22(15(11)23)21-16(26-17)19-10-5-3-9(18)4-6-10/h3-8H,1-2H3,(H,19,21). The van der Waals surface area contributed by atoms with Crippen molar-refractivity contribution >= 4 is 49.6 Å². The number of benzene rings is 2. The number of nitrogens with zero attached hydrogens (tertiary/aromatic N) is 3. The lowest BCUT2D eigenvalue weighted by Crippen LogP contribution is -2.15. The number of fused-ring (bicyclic) bond motifs is 2. The maximum absolute atomic E-state index is 12.8. The minimum absolute atomic E-state index is 0.272. The highest BCUT2D eigenvalue weighted by molar-refractivity contribution is 7.20. The zero-order valence-corrected chi connectivity index (χ0v) is 15.4. The van der Waals surface area contributed by atoms with Crippen LogP contribution in [0.4, 0.5) is 10.8 Å². The Bertz CT molecular complexity index is 1170. The maximum Gasteiger partial charge on any atom is 0.283 e. The molecule has 2 aromatic carbocycles. The second-order valence-corrected chi connectivity index (χ2v) is 6.77. The van der Waals surface area contributed by atoms with E-state index in [0.29, 0.717) is 37.5 Å². The second kappa shape index (κ2) is 6.47. The van der Waals surface area contributed by atoms with Crippen LogP contribution >= 0.6 is 22.9 Å². The molecule has 0 saturated heterocycles. The van der Waals surface area contributed by atoms with E-state index in [1.54, 1.807) is 24.3 Å². The molecule has 0 fully saturated rings. The first-order chi connectivity index (χ1) is 12.6. The van der Waals surface area contributed by atoms with Crippen LogP contribution in [0.15, 0.2) is 41.2 Å². The molecule has 132 valence electrons. The van der Waals surface area contributed by atoms with Crippen LogP contribution in [0.5, 0.6) is 11.5 Å². The van der Waals surface area contributed by atoms with Crippen LogP contribution in [0, 0.1) is 0 Å². The summed E-state index contributed by atoms with van der Waals surface area (Å²) in [6.45, 7) is 0. The van der Waals surface area contributed by atoms with Crippen LogP contribution in [0.3, 0.4) is 0 Å². The van der Waals surface area contributed by atoms with E-state index in [0.717, 1.165) is 5.69 Å². The molecule has 7 nitrogen and oxygen atoms in total. The Morgan fingerprint density at radius 3 is 2.50 bits per heavy atom. The summed E-state index contributed by atoms with van der Waals surface area (Å²) < 4.78 is 11.8. The molecule has 0 aliphatic heterocycles. The van der Waals surface area contributed by atoms with E-state index in [4.69, 9.17) is 21.1 Å². The van der Waals surface area contributed by atoms with Gasteiger partial charge in [0, 0.05) is 16.8 Å². The van der Waals surface area contributed by atoms with E-state index in [1.807, 2.05) is 12.1 Å². The number of halogens is 1. The Balaban J connectivity index is 1.84. The Hall–Kier alpha value is -2.84. The highest BCUT2D eigenvalue weighted by atomic mass is 35.5. The lowest BCUT2D eigenvalue weighted by atomic mass is 10.2. The predicted octanol–water partition coefficient (Wildman–Crippen LogP) is 3.72. The number of anilines is 2. The van der Waals surface area contributed by atoms with Crippen molar-refractivity contribution < 1.29 is 9.47 Å². The number of ether oxygens (including phenoxy) is 2. The van der Waals surface area contributed by atoms with Gasteiger partial charge >= 0.3 is 0 Å². The van der Waals surface area contributed by atoms with Crippen LogP contribution in [-0.4, -0.2) is 28.8 Å². The van der Waals surface area contributed by atoms with E-state index < -0.39 is 0 Å². The van der Waals surface area contributed by atoms with Crippen molar-refractivity contribution in [2.45, 2.75) is 0 Å². The molecular weight excluding hydrogens is 376 g/mol. The minimum Gasteiger partial charge on any atom is -0.493 e. The molecule has 0 saturated carbocycles. The van der Waals surface area contributed by atoms with Gasteiger partial charge in [0.25, 0.3) is 5.56 Å². The molecular formula is C17H13ClN4O3S. The van der Waals surface area contributed by atoms with E-state index in [-0.39, 0.29) is 5.56 Å². The molecule has 0 bridgehead atoms. The second-order valence-electron chi connectivity index (χ2n) is 5.37. The molecule has 0 aliphatic carbocycles. The summed E-state index contributed by atoms with van der Waals surface area (Å²) >= 11 is 7.17. The molecule has 0 aliphatic rings. The van der Waals surface area contributed by atoms with E-state index in [2.05, 4.69) is 15.4 Å². The highest BCUT2D eigenvalue weighted by Gasteiger charge is 2.14. The fourth-order valence-electron chi connectivity index (χ4n) is 2.54. The molecule has 0 atom stereocenters. The molecule has 2 aromatic heterocycles. The van der Waals surface area contributed by atoms with Gasteiger partial charge in [0.15, 0.2) is 11.5 Å². The Morgan fingerprint density at radius 1 is 1.12 bits per heavy atom. The van der Waals surface area contributed by atoms with Crippen molar-refractivity contribution in [3.8, 4) is 11.5 Å². The fourth-order valence-corrected chi connectivity index (χ4v) is 3.49. The molecule has 0 amide bonds. The SMILES string of the molecule is COc1cc2nc3sc(Nc4ccc(Cl)cc4)nn3c(=O)c2cc1OC. The Labute approximate surface area is 156 Å². The summed E-state index contributed by atoms with van der Waals surface area (Å²) in [6.07, 6.45) is 0. The van der Waals surface area contributed by atoms with Crippen molar-refractivity contribution in [2.24, 2.45) is 0 Å². The van der Waals surface area contributed by atoms with Gasteiger partial charge in [0.05, 0.1) is 25.1 Å². The molecule has 4 aromatic rings. The van der Waals surface area contributed by atoms with Gasteiger partial charge in [0.1, 0.15) is 0 Å². The largest absolute Gasteiger partial charge is 0.493 e. The molecule has 0 spiro atoms. The molecule has 9 heteroatoms. The number of nitrogens with one attached hydrogen (secondary N) is 1. The van der Waals surface area contributed by atoms with Gasteiger partial charge in [-0.25, -0.2) is 4.98 Å². The molecule has 2 heterocycles. The summed E-state index contributed by atoms with van der Waals surface area (Å²) in [4.78, 5) is 17.8. The molecule has 0 radical (unpaired) electrons. The van der Waals surface area contributed by atoms with E-state index >= 15 is 0 Å². The van der Waals surface area contributed by atoms with Crippen LogP contribution < -0.4 is 20.3 Å². The average molecular weight is 389 g/mol. The molecule has 26 heavy (non-hydrogen) atoms. The van der Waals surface area contributed by atoms with E-state index in [9.17, 15) is 4.79 Å². The van der Waals surface area contributed by atoms with Gasteiger partial charge in [-0.2, -0.15) is 4.52 Å². The number of aromatic nitrogens is 3. The van der Waals surface area contributed by atoms with Crippen molar-refractivity contribution in [3.63, 3.8) is 0 Å². The third kappa shape index (κ3) is 2.83. The lowest BCUT2D eigenvalue weighted by molar-refractivity contribution is 0.355. The van der Waals surface area contributed by atoms with Crippen LogP contribution in [0.2, 0.25) is 5.02 Å². The van der Waals surface area contributed by atoms with Gasteiger partial charge < -0.3 is 14.8 Å². The summed E-state index contributed by atoms with van der Waals surface area (Å²) in [6, 6.07) is 10.5. The normalized spacial score (nSPS) is 11.0. The van der Waals surface area contributed by atoms with E-state index in [1.165, 1.54) is 30.1 Å². The third-order valence-electron chi connectivity index (χ3n) is 3.80. The first kappa shape index (κ1) is 16.6. The third-order valence-corrected chi connectivity index (χ3v) is 4.87. The smallest absolute Gasteiger partial charge is 0.283 e. The van der Waals surface area contributed by atoms with Crippen LogP contribution in [0.1, 0.15) is 0 Å². The number of methoxy groups -OCH3 is 2. The Morgan fingerprint density at radius 2 is 1.81 bits per heavy atom. The Kier molecular flexibility index (Phi) is 4.14. The van der Waals surface area contributed by atoms with Crippen LogP contribution in [0.25, 0.3) is 15.9 Å². The maximum atomic E-state index is 12.8. The first-order valence-electron chi connectivity index (χ1n) is 7.57. The predicted molar refractivity (Wildman–Crippen MR) is 102 cm³/mol. The molecule has 0 unspecified atom stereocenters. The highest BCUT2D eigenvalue weighted by Crippen LogP contribution is 2.31. The lowest BCUT2D eigenvalue weighted by Gasteiger charge is -2.08. The van der Waals surface area contributed by atoms with Gasteiger partial charge in [-0.1, -0.05) is 22.9 Å². The monoisotopic (exact) mass is 388 g/mol. The first-order valence-corrected chi connectivity index (χ1v) is 8.76. The summed E-state index contributed by atoms with van der Waals surface area (Å²) in [5.74, 6) is 0.980. The zero-order chi connectivity index (χ0) is 18.3. The number of rotatable bonds is 4. The van der Waals surface area contributed by atoms with Crippen molar-refractivity contribution in [3.05, 3.63) is 51.8 Å². The average Bonchev–Trinajstić information content (AvgIpc) is 3.05. The molecule has 4 rings (SSSR count). The van der Waals surface area contributed by atoms with Crippen molar-refractivity contribution in [2.75, 3.05) is 19.5 Å². The quantitative estimate of drug-likeness (QED) is 0.574. The zero-order valence-electron chi connectivity index (χ0n) is 13.8. The summed E-state index contributed by atoms with van der Waals surface area (Å²) in [7, 11) is 3.06.